The van der Waals surface area contributed by atoms with E-state index in [9.17, 15) is 4.79 Å². The van der Waals surface area contributed by atoms with Crippen molar-refractivity contribution in [3.05, 3.63) is 35.4 Å². The number of alkyl halides is 1. The van der Waals surface area contributed by atoms with Gasteiger partial charge < -0.3 is 10.1 Å². The van der Waals surface area contributed by atoms with Gasteiger partial charge in [0.2, 0.25) is 0 Å². The van der Waals surface area contributed by atoms with Crippen molar-refractivity contribution in [2.24, 2.45) is 0 Å². The number of carbonyl (C=O) groups excluding carboxylic acids is 1. The van der Waals surface area contributed by atoms with Crippen LogP contribution in [0.25, 0.3) is 0 Å². The summed E-state index contributed by atoms with van der Waals surface area (Å²) >= 11 is 3.34. The molecule has 0 saturated heterocycles. The molecule has 0 radical (unpaired) electrons. The van der Waals surface area contributed by atoms with Crippen LogP contribution < -0.4 is 5.32 Å². The first-order valence-electron chi connectivity index (χ1n) is 5.09. The van der Waals surface area contributed by atoms with Gasteiger partial charge in [0.1, 0.15) is 0 Å². The molecule has 0 fully saturated rings. The van der Waals surface area contributed by atoms with Crippen LogP contribution in [0.3, 0.4) is 0 Å². The van der Waals surface area contributed by atoms with Gasteiger partial charge in [0, 0.05) is 18.0 Å². The molecular weight excluding hydrogens is 270 g/mol. The maximum Gasteiger partial charge on any atom is 0.251 e. The molecule has 88 valence electrons. The molecule has 1 aromatic rings. The second kappa shape index (κ2) is 6.66. The Morgan fingerprint density at radius 1 is 1.56 bits per heavy atom. The molecule has 0 spiro atoms. The highest BCUT2D eigenvalue weighted by molar-refractivity contribution is 9.09. The van der Waals surface area contributed by atoms with Crippen molar-refractivity contribution < 1.29 is 9.53 Å². The number of methoxy groups -OCH3 is 1. The highest BCUT2D eigenvalue weighted by atomic mass is 79.9. The van der Waals surface area contributed by atoms with Gasteiger partial charge in [-0.2, -0.15) is 0 Å². The first-order valence-corrected chi connectivity index (χ1v) is 6.22. The summed E-state index contributed by atoms with van der Waals surface area (Å²) in [5.41, 5.74) is 1.76. The quantitative estimate of drug-likeness (QED) is 0.842. The number of rotatable bonds is 5. The number of benzene rings is 1. The highest BCUT2D eigenvalue weighted by Crippen LogP contribution is 2.04. The van der Waals surface area contributed by atoms with E-state index in [1.54, 1.807) is 13.2 Å². The lowest BCUT2D eigenvalue weighted by molar-refractivity contribution is 0.0908. The van der Waals surface area contributed by atoms with Gasteiger partial charge in [-0.1, -0.05) is 33.6 Å². The fourth-order valence-electron chi connectivity index (χ4n) is 1.38. The first kappa shape index (κ1) is 13.2. The molecule has 0 aromatic heterocycles. The summed E-state index contributed by atoms with van der Waals surface area (Å²) < 4.78 is 5.01. The molecule has 1 aromatic carbocycles. The molecule has 1 unspecified atom stereocenters. The lowest BCUT2D eigenvalue weighted by Gasteiger charge is -2.15. The maximum atomic E-state index is 11.9. The molecule has 1 atom stereocenters. The molecule has 1 amide bonds. The molecule has 0 aliphatic carbocycles. The second-order valence-corrected chi connectivity index (χ2v) is 4.30. The van der Waals surface area contributed by atoms with E-state index in [0.717, 1.165) is 5.56 Å². The van der Waals surface area contributed by atoms with Crippen LogP contribution in [-0.4, -0.2) is 31.0 Å². The molecule has 3 nitrogen and oxygen atoms in total. The molecule has 0 saturated carbocycles. The lowest BCUT2D eigenvalue weighted by Crippen LogP contribution is -2.39. The Balaban J connectivity index is 2.64. The van der Waals surface area contributed by atoms with Gasteiger partial charge in [-0.3, -0.25) is 4.79 Å². The molecule has 0 bridgehead atoms. The molecule has 0 aliphatic heterocycles. The normalized spacial score (nSPS) is 12.2. The van der Waals surface area contributed by atoms with Gasteiger partial charge in [0.05, 0.1) is 12.6 Å². The zero-order chi connectivity index (χ0) is 12.0. The van der Waals surface area contributed by atoms with Crippen molar-refractivity contribution in [3.8, 4) is 0 Å². The van der Waals surface area contributed by atoms with E-state index in [0.29, 0.717) is 17.5 Å². The Kier molecular flexibility index (Phi) is 5.49. The number of ether oxygens (including phenoxy) is 1. The Bertz CT molecular complexity index is 355. The van der Waals surface area contributed by atoms with Crippen LogP contribution in [0.2, 0.25) is 0 Å². The van der Waals surface area contributed by atoms with E-state index in [1.165, 1.54) is 0 Å². The molecule has 16 heavy (non-hydrogen) atoms. The van der Waals surface area contributed by atoms with Crippen LogP contribution in [-0.2, 0) is 4.74 Å². The molecule has 1 N–H and O–H groups in total. The van der Waals surface area contributed by atoms with E-state index < -0.39 is 0 Å². The fraction of sp³-hybridized carbons (Fsp3) is 0.417. The van der Waals surface area contributed by atoms with Crippen LogP contribution in [0.4, 0.5) is 0 Å². The van der Waals surface area contributed by atoms with Crippen LogP contribution in [0.5, 0.6) is 0 Å². The number of nitrogens with one attached hydrogen (secondary N) is 1. The van der Waals surface area contributed by atoms with Gasteiger partial charge in [0.25, 0.3) is 5.91 Å². The SMILES string of the molecule is COCC(CBr)NC(=O)c1cccc(C)c1. The molecule has 0 aliphatic rings. The summed E-state index contributed by atoms with van der Waals surface area (Å²) in [5, 5.41) is 3.58. The largest absolute Gasteiger partial charge is 0.383 e. The summed E-state index contributed by atoms with van der Waals surface area (Å²) in [5.74, 6) is -0.0646. The van der Waals surface area contributed by atoms with Crippen molar-refractivity contribution in [3.63, 3.8) is 0 Å². The minimum atomic E-state index is -0.0646. The lowest BCUT2D eigenvalue weighted by atomic mass is 10.1. The number of amides is 1. The van der Waals surface area contributed by atoms with Gasteiger partial charge in [-0.25, -0.2) is 0 Å². The van der Waals surface area contributed by atoms with Crippen LogP contribution in [0.15, 0.2) is 24.3 Å². The van der Waals surface area contributed by atoms with Gasteiger partial charge in [-0.15, -0.1) is 0 Å². The minimum Gasteiger partial charge on any atom is -0.383 e. The standard InChI is InChI=1S/C12H16BrNO2/c1-9-4-3-5-10(6-9)12(15)14-11(7-13)8-16-2/h3-6,11H,7-8H2,1-2H3,(H,14,15). The van der Waals surface area contributed by atoms with Crippen molar-refractivity contribution >= 4 is 21.8 Å². The monoisotopic (exact) mass is 285 g/mol. The fourth-order valence-corrected chi connectivity index (χ4v) is 1.73. The summed E-state index contributed by atoms with van der Waals surface area (Å²) in [6.07, 6.45) is 0. The number of carbonyl (C=O) groups is 1. The Morgan fingerprint density at radius 2 is 2.31 bits per heavy atom. The highest BCUT2D eigenvalue weighted by Gasteiger charge is 2.12. The third-order valence-corrected chi connectivity index (χ3v) is 2.95. The number of hydrogen-bond donors (Lipinski definition) is 1. The molecule has 4 heteroatoms. The van der Waals surface area contributed by atoms with Crippen LogP contribution in [0.1, 0.15) is 15.9 Å². The van der Waals surface area contributed by atoms with Crippen molar-refractivity contribution in [2.75, 3.05) is 19.0 Å². The maximum absolute atomic E-state index is 11.9. The topological polar surface area (TPSA) is 38.3 Å². The number of halogens is 1. The average molecular weight is 286 g/mol. The summed E-state index contributed by atoms with van der Waals surface area (Å²) in [7, 11) is 1.62. The van der Waals surface area contributed by atoms with Crippen LogP contribution in [0, 0.1) is 6.92 Å². The van der Waals surface area contributed by atoms with Crippen LogP contribution >= 0.6 is 15.9 Å². The zero-order valence-electron chi connectivity index (χ0n) is 9.50. The summed E-state index contributed by atoms with van der Waals surface area (Å²) in [4.78, 5) is 11.9. The van der Waals surface area contributed by atoms with Crippen molar-refractivity contribution in [2.45, 2.75) is 13.0 Å². The third kappa shape index (κ3) is 3.94. The predicted octanol–water partition coefficient (Wildman–Crippen LogP) is 2.13. The second-order valence-electron chi connectivity index (χ2n) is 3.65. The minimum absolute atomic E-state index is 0.00184. The average Bonchev–Trinajstić information content (AvgIpc) is 2.28. The predicted molar refractivity (Wildman–Crippen MR) is 68.1 cm³/mol. The smallest absolute Gasteiger partial charge is 0.251 e. The van der Waals surface area contributed by atoms with E-state index in [-0.39, 0.29) is 11.9 Å². The van der Waals surface area contributed by atoms with E-state index in [2.05, 4.69) is 21.2 Å². The van der Waals surface area contributed by atoms with Gasteiger partial charge in [0.15, 0.2) is 0 Å². The van der Waals surface area contributed by atoms with Gasteiger partial charge in [-0.05, 0) is 19.1 Å². The van der Waals surface area contributed by atoms with E-state index >= 15 is 0 Å². The van der Waals surface area contributed by atoms with E-state index in [4.69, 9.17) is 4.74 Å². The van der Waals surface area contributed by atoms with Crippen molar-refractivity contribution in [1.29, 1.82) is 0 Å². The third-order valence-electron chi connectivity index (χ3n) is 2.17. The molecule has 1 rings (SSSR count). The molecular formula is C12H16BrNO2. The Morgan fingerprint density at radius 3 is 2.88 bits per heavy atom. The summed E-state index contributed by atoms with van der Waals surface area (Å²) in [6, 6.07) is 7.52. The number of hydrogen-bond acceptors (Lipinski definition) is 2. The summed E-state index contributed by atoms with van der Waals surface area (Å²) in [6.45, 7) is 2.47. The Hall–Kier alpha value is -0.870. The van der Waals surface area contributed by atoms with E-state index in [1.807, 2.05) is 25.1 Å². The first-order chi connectivity index (χ1) is 7.67. The zero-order valence-corrected chi connectivity index (χ0v) is 11.1. The Labute approximate surface area is 104 Å². The van der Waals surface area contributed by atoms with Crippen molar-refractivity contribution in [1.82, 2.24) is 5.32 Å². The number of aryl methyl sites for hydroxylation is 1. The molecule has 0 heterocycles. The van der Waals surface area contributed by atoms with Gasteiger partial charge >= 0.3 is 0 Å².